The van der Waals surface area contributed by atoms with E-state index in [0.29, 0.717) is 30.2 Å². The predicted molar refractivity (Wildman–Crippen MR) is 127 cm³/mol. The van der Waals surface area contributed by atoms with Crippen LogP contribution in [-0.2, 0) is 14.4 Å². The Morgan fingerprint density at radius 1 is 1.06 bits per heavy atom. The summed E-state index contributed by atoms with van der Waals surface area (Å²) in [5, 5.41) is 9.11. The number of carbonyl (C=O) groups is 3. The minimum absolute atomic E-state index is 0.191. The van der Waals surface area contributed by atoms with E-state index in [1.807, 2.05) is 32.0 Å². The van der Waals surface area contributed by atoms with Gasteiger partial charge in [-0.05, 0) is 57.0 Å². The van der Waals surface area contributed by atoms with Gasteiger partial charge in [-0.1, -0.05) is 29.3 Å². The smallest absolute Gasteiger partial charge is 0.329 e. The Balaban J connectivity index is 2.07. The highest BCUT2D eigenvalue weighted by Gasteiger charge is 2.15. The Morgan fingerprint density at radius 2 is 1.82 bits per heavy atom. The van der Waals surface area contributed by atoms with Crippen LogP contribution in [0.25, 0.3) is 0 Å². The van der Waals surface area contributed by atoms with Crippen molar-refractivity contribution in [1.29, 1.82) is 0 Å². The Labute approximate surface area is 197 Å². The molecule has 2 rings (SSSR count). The Bertz CT molecular complexity index is 1060. The lowest BCUT2D eigenvalue weighted by molar-refractivity contribution is -0.139. The molecular formula is C23H27ClN4O5. The molecule has 3 N–H and O–H groups in total. The van der Waals surface area contributed by atoms with Gasteiger partial charge >= 0.3 is 11.8 Å². The van der Waals surface area contributed by atoms with Crippen molar-refractivity contribution in [1.82, 2.24) is 10.7 Å². The summed E-state index contributed by atoms with van der Waals surface area (Å²) in [7, 11) is 0. The van der Waals surface area contributed by atoms with Crippen LogP contribution in [-0.4, -0.2) is 43.7 Å². The van der Waals surface area contributed by atoms with Gasteiger partial charge in [-0.25, -0.2) is 5.43 Å². The molecule has 33 heavy (non-hydrogen) atoms. The zero-order chi connectivity index (χ0) is 24.4. The van der Waals surface area contributed by atoms with Gasteiger partial charge in [0.15, 0.2) is 18.1 Å². The first kappa shape index (κ1) is 25.7. The molecule has 0 heterocycles. The quantitative estimate of drug-likeness (QED) is 0.293. The van der Waals surface area contributed by atoms with Crippen molar-refractivity contribution in [3.05, 3.63) is 52.0 Å². The monoisotopic (exact) mass is 474 g/mol. The fraction of sp³-hybridized carbons (Fsp3) is 0.304. The highest BCUT2D eigenvalue weighted by molar-refractivity contribution is 6.35. The third-order valence-corrected chi connectivity index (χ3v) is 4.54. The molecule has 0 aromatic heterocycles. The molecule has 176 valence electrons. The molecule has 0 aliphatic heterocycles. The second kappa shape index (κ2) is 12.4. The van der Waals surface area contributed by atoms with E-state index in [1.54, 1.807) is 19.9 Å². The zero-order valence-corrected chi connectivity index (χ0v) is 19.7. The highest BCUT2D eigenvalue weighted by atomic mass is 35.5. The van der Waals surface area contributed by atoms with Crippen molar-refractivity contribution < 1.29 is 23.9 Å². The van der Waals surface area contributed by atoms with Gasteiger partial charge in [0.05, 0.1) is 17.8 Å². The van der Waals surface area contributed by atoms with E-state index >= 15 is 0 Å². The highest BCUT2D eigenvalue weighted by Crippen LogP contribution is 2.36. The van der Waals surface area contributed by atoms with Gasteiger partial charge in [-0.2, -0.15) is 5.10 Å². The number of likely N-dealkylation sites (N-methyl/N-ethyl adjacent to an activating group) is 1. The molecule has 2 aromatic carbocycles. The van der Waals surface area contributed by atoms with Crippen molar-refractivity contribution in [2.24, 2.45) is 5.10 Å². The SMILES string of the molecule is CCNC(=O)C(=O)N/N=C\c1cc(Cl)c(OCC(=O)Nc2ccc(C)cc2C)c(OCC)c1. The van der Waals surface area contributed by atoms with Gasteiger partial charge in [0.2, 0.25) is 0 Å². The molecule has 0 spiro atoms. The zero-order valence-electron chi connectivity index (χ0n) is 19.0. The van der Waals surface area contributed by atoms with E-state index in [0.717, 1.165) is 11.1 Å². The second-order valence-corrected chi connectivity index (χ2v) is 7.38. The van der Waals surface area contributed by atoms with E-state index in [-0.39, 0.29) is 23.3 Å². The maximum Gasteiger partial charge on any atom is 0.329 e. The van der Waals surface area contributed by atoms with Gasteiger partial charge in [-0.15, -0.1) is 0 Å². The Kier molecular flexibility index (Phi) is 9.68. The molecule has 0 radical (unpaired) electrons. The van der Waals surface area contributed by atoms with Crippen LogP contribution < -0.4 is 25.5 Å². The number of ether oxygens (including phenoxy) is 2. The number of carbonyl (C=O) groups excluding carboxylic acids is 3. The van der Waals surface area contributed by atoms with Crippen LogP contribution in [0.2, 0.25) is 5.02 Å². The molecule has 3 amide bonds. The van der Waals surface area contributed by atoms with Crippen molar-refractivity contribution in [3.8, 4) is 11.5 Å². The molecular weight excluding hydrogens is 448 g/mol. The standard InChI is InChI=1S/C23H27ClN4O5/c1-5-25-22(30)23(31)28-26-12-16-10-17(24)21(19(11-16)32-6-2)33-13-20(29)27-18-8-7-14(3)9-15(18)4/h7-12H,5-6,13H2,1-4H3,(H,25,30)(H,27,29)(H,28,31)/b26-12-. The first-order chi connectivity index (χ1) is 15.7. The molecule has 0 atom stereocenters. The van der Waals surface area contributed by atoms with Crippen molar-refractivity contribution in [2.45, 2.75) is 27.7 Å². The summed E-state index contributed by atoms with van der Waals surface area (Å²) in [6.45, 7) is 7.75. The number of aryl methyl sites for hydroxylation is 2. The molecule has 2 aromatic rings. The first-order valence-electron chi connectivity index (χ1n) is 10.3. The van der Waals surface area contributed by atoms with Gasteiger partial charge in [0.1, 0.15) is 0 Å². The molecule has 10 heteroatoms. The van der Waals surface area contributed by atoms with Crippen LogP contribution in [0.4, 0.5) is 5.69 Å². The average molecular weight is 475 g/mol. The number of nitrogens with zero attached hydrogens (tertiary/aromatic N) is 1. The van der Waals surface area contributed by atoms with E-state index < -0.39 is 11.8 Å². The van der Waals surface area contributed by atoms with Gasteiger partial charge in [0, 0.05) is 12.2 Å². The molecule has 0 aliphatic rings. The number of halogens is 1. The predicted octanol–water partition coefficient (Wildman–Crippen LogP) is 2.96. The lowest BCUT2D eigenvalue weighted by atomic mass is 10.1. The number of anilines is 1. The fourth-order valence-corrected chi connectivity index (χ4v) is 3.07. The van der Waals surface area contributed by atoms with Crippen LogP contribution >= 0.6 is 11.6 Å². The Hall–Kier alpha value is -3.59. The number of benzene rings is 2. The molecule has 9 nitrogen and oxygen atoms in total. The molecule has 0 unspecified atom stereocenters. The normalized spacial score (nSPS) is 10.6. The van der Waals surface area contributed by atoms with Gasteiger partial charge in [-0.3, -0.25) is 14.4 Å². The van der Waals surface area contributed by atoms with E-state index in [4.69, 9.17) is 21.1 Å². The molecule has 0 aliphatic carbocycles. The second-order valence-electron chi connectivity index (χ2n) is 6.98. The number of nitrogens with one attached hydrogen (secondary N) is 3. The van der Waals surface area contributed by atoms with Crippen molar-refractivity contribution in [2.75, 3.05) is 25.1 Å². The summed E-state index contributed by atoms with van der Waals surface area (Å²) in [5.41, 5.74) is 5.36. The summed E-state index contributed by atoms with van der Waals surface area (Å²) < 4.78 is 11.2. The minimum Gasteiger partial charge on any atom is -0.490 e. The van der Waals surface area contributed by atoms with E-state index in [1.165, 1.54) is 12.3 Å². The van der Waals surface area contributed by atoms with Crippen LogP contribution in [0.1, 0.15) is 30.5 Å². The van der Waals surface area contributed by atoms with E-state index in [9.17, 15) is 14.4 Å². The summed E-state index contributed by atoms with van der Waals surface area (Å²) in [4.78, 5) is 35.4. The molecule has 0 saturated heterocycles. The van der Waals surface area contributed by atoms with Crippen LogP contribution in [0.15, 0.2) is 35.4 Å². The van der Waals surface area contributed by atoms with E-state index in [2.05, 4.69) is 21.2 Å². The number of hydrogen-bond acceptors (Lipinski definition) is 6. The molecule has 0 saturated carbocycles. The minimum atomic E-state index is -0.890. The maximum absolute atomic E-state index is 12.4. The van der Waals surface area contributed by atoms with Crippen molar-refractivity contribution in [3.63, 3.8) is 0 Å². The van der Waals surface area contributed by atoms with Crippen molar-refractivity contribution >= 4 is 41.2 Å². The summed E-state index contributed by atoms with van der Waals surface area (Å²) in [5.74, 6) is -1.51. The fourth-order valence-electron chi connectivity index (χ4n) is 2.80. The topological polar surface area (TPSA) is 118 Å². The maximum atomic E-state index is 12.4. The third kappa shape index (κ3) is 7.80. The molecule has 0 bridgehead atoms. The van der Waals surface area contributed by atoms with Crippen LogP contribution in [0.5, 0.6) is 11.5 Å². The summed E-state index contributed by atoms with van der Waals surface area (Å²) >= 11 is 6.34. The third-order valence-electron chi connectivity index (χ3n) is 4.26. The van der Waals surface area contributed by atoms with Crippen LogP contribution in [0, 0.1) is 13.8 Å². The number of hydrazone groups is 1. The first-order valence-corrected chi connectivity index (χ1v) is 10.7. The summed E-state index contributed by atoms with van der Waals surface area (Å²) in [6, 6.07) is 8.84. The van der Waals surface area contributed by atoms with Gasteiger partial charge in [0.25, 0.3) is 5.91 Å². The lowest BCUT2D eigenvalue weighted by Gasteiger charge is -2.15. The van der Waals surface area contributed by atoms with Crippen LogP contribution in [0.3, 0.4) is 0 Å². The van der Waals surface area contributed by atoms with Gasteiger partial charge < -0.3 is 20.1 Å². The average Bonchev–Trinajstić information content (AvgIpc) is 2.75. The largest absolute Gasteiger partial charge is 0.490 e. The molecule has 0 fully saturated rings. The lowest BCUT2D eigenvalue weighted by Crippen LogP contribution is -2.37. The Morgan fingerprint density at radius 3 is 2.48 bits per heavy atom. The number of amides is 3. The summed E-state index contributed by atoms with van der Waals surface area (Å²) in [6.07, 6.45) is 1.31. The number of rotatable bonds is 9. The number of hydrogen-bond donors (Lipinski definition) is 3.